The highest BCUT2D eigenvalue weighted by Crippen LogP contribution is 2.21. The first-order valence-corrected chi connectivity index (χ1v) is 5.39. The van der Waals surface area contributed by atoms with Gasteiger partial charge in [0.15, 0.2) is 0 Å². The number of nitrogens with zero attached hydrogens (tertiary/aromatic N) is 1. The molecule has 1 aromatic carbocycles. The molecule has 4 heteroatoms. The van der Waals surface area contributed by atoms with Crippen molar-refractivity contribution in [2.45, 2.75) is 13.0 Å². The van der Waals surface area contributed by atoms with Crippen LogP contribution in [0.15, 0.2) is 23.7 Å². The van der Waals surface area contributed by atoms with Gasteiger partial charge in [0, 0.05) is 12.2 Å². The number of aliphatic hydroxyl groups is 1. The Bertz CT molecular complexity index is 425. The van der Waals surface area contributed by atoms with Crippen LogP contribution in [0, 0.1) is 0 Å². The Labute approximate surface area is 86.4 Å². The van der Waals surface area contributed by atoms with Crippen LogP contribution in [-0.4, -0.2) is 22.7 Å². The van der Waals surface area contributed by atoms with Gasteiger partial charge in [-0.25, -0.2) is 4.98 Å². The Morgan fingerprint density at radius 1 is 1.57 bits per heavy atom. The van der Waals surface area contributed by atoms with Gasteiger partial charge in [0.1, 0.15) is 0 Å². The van der Waals surface area contributed by atoms with E-state index in [1.165, 1.54) is 4.70 Å². The Morgan fingerprint density at radius 3 is 3.21 bits per heavy atom. The molecule has 0 amide bonds. The topological polar surface area (TPSA) is 45.1 Å². The van der Waals surface area contributed by atoms with Crippen molar-refractivity contribution in [2.75, 3.05) is 11.9 Å². The summed E-state index contributed by atoms with van der Waals surface area (Å²) >= 11 is 1.62. The van der Waals surface area contributed by atoms with E-state index in [1.807, 2.05) is 17.6 Å². The minimum Gasteiger partial charge on any atom is -0.392 e. The van der Waals surface area contributed by atoms with Gasteiger partial charge in [-0.1, -0.05) is 0 Å². The number of aromatic nitrogens is 1. The monoisotopic (exact) mass is 208 g/mol. The quantitative estimate of drug-likeness (QED) is 0.811. The lowest BCUT2D eigenvalue weighted by atomic mass is 10.3. The van der Waals surface area contributed by atoms with Crippen LogP contribution < -0.4 is 5.32 Å². The molecule has 74 valence electrons. The molecule has 3 nitrogen and oxygen atoms in total. The molecule has 0 aliphatic rings. The van der Waals surface area contributed by atoms with Crippen molar-refractivity contribution >= 4 is 27.2 Å². The van der Waals surface area contributed by atoms with E-state index in [2.05, 4.69) is 16.4 Å². The molecule has 0 bridgehead atoms. The molecule has 2 N–H and O–H groups in total. The van der Waals surface area contributed by atoms with E-state index in [1.54, 1.807) is 18.3 Å². The number of benzene rings is 1. The second-order valence-electron chi connectivity index (χ2n) is 3.26. The van der Waals surface area contributed by atoms with Crippen LogP contribution in [0.25, 0.3) is 10.2 Å². The van der Waals surface area contributed by atoms with Crippen LogP contribution in [0.4, 0.5) is 5.69 Å². The molecule has 0 saturated carbocycles. The van der Waals surface area contributed by atoms with Crippen molar-refractivity contribution in [2.24, 2.45) is 0 Å². The molecule has 0 unspecified atom stereocenters. The molecule has 1 heterocycles. The smallest absolute Gasteiger partial charge is 0.0813 e. The maximum absolute atomic E-state index is 9.11. The van der Waals surface area contributed by atoms with E-state index in [0.29, 0.717) is 6.54 Å². The van der Waals surface area contributed by atoms with Crippen LogP contribution >= 0.6 is 11.3 Å². The van der Waals surface area contributed by atoms with E-state index in [0.717, 1.165) is 11.2 Å². The minimum atomic E-state index is -0.327. The molecule has 0 aliphatic carbocycles. The Morgan fingerprint density at radius 2 is 2.43 bits per heavy atom. The van der Waals surface area contributed by atoms with Crippen molar-refractivity contribution in [3.8, 4) is 0 Å². The van der Waals surface area contributed by atoms with E-state index >= 15 is 0 Å². The maximum Gasteiger partial charge on any atom is 0.0813 e. The van der Waals surface area contributed by atoms with E-state index in [9.17, 15) is 0 Å². The normalized spacial score (nSPS) is 13.0. The Kier molecular flexibility index (Phi) is 2.65. The summed E-state index contributed by atoms with van der Waals surface area (Å²) in [5.41, 5.74) is 3.89. The van der Waals surface area contributed by atoms with Crippen LogP contribution in [-0.2, 0) is 0 Å². The molecular formula is C10H12N2OS. The number of anilines is 1. The van der Waals surface area contributed by atoms with Crippen LogP contribution in [0.5, 0.6) is 0 Å². The van der Waals surface area contributed by atoms with Gasteiger partial charge < -0.3 is 10.4 Å². The molecular weight excluding hydrogens is 196 g/mol. The molecule has 0 fully saturated rings. The lowest BCUT2D eigenvalue weighted by molar-refractivity contribution is 0.208. The fraction of sp³-hybridized carbons (Fsp3) is 0.300. The first-order valence-electron chi connectivity index (χ1n) is 4.51. The summed E-state index contributed by atoms with van der Waals surface area (Å²) < 4.78 is 1.17. The number of aliphatic hydroxyl groups excluding tert-OH is 1. The second-order valence-corrected chi connectivity index (χ2v) is 4.15. The number of fused-ring (bicyclic) bond motifs is 1. The van der Waals surface area contributed by atoms with Crippen molar-refractivity contribution in [3.63, 3.8) is 0 Å². The molecule has 0 radical (unpaired) electrons. The summed E-state index contributed by atoms with van der Waals surface area (Å²) in [7, 11) is 0. The maximum atomic E-state index is 9.11. The molecule has 2 rings (SSSR count). The third kappa shape index (κ3) is 2.02. The van der Waals surface area contributed by atoms with Crippen molar-refractivity contribution in [1.29, 1.82) is 0 Å². The summed E-state index contributed by atoms with van der Waals surface area (Å²) in [4.78, 5) is 4.20. The molecule has 2 aromatic rings. The van der Waals surface area contributed by atoms with Gasteiger partial charge in [-0.3, -0.25) is 0 Å². The number of hydrogen-bond acceptors (Lipinski definition) is 4. The molecule has 1 aromatic heterocycles. The third-order valence-electron chi connectivity index (χ3n) is 1.93. The fourth-order valence-corrected chi connectivity index (χ4v) is 1.95. The van der Waals surface area contributed by atoms with Crippen LogP contribution in [0.2, 0.25) is 0 Å². The third-order valence-corrected chi connectivity index (χ3v) is 2.72. The predicted octanol–water partition coefficient (Wildman–Crippen LogP) is 2.09. The number of nitrogens with one attached hydrogen (secondary N) is 1. The lowest BCUT2D eigenvalue weighted by Crippen LogP contribution is -2.15. The zero-order valence-corrected chi connectivity index (χ0v) is 8.71. The average molecular weight is 208 g/mol. The highest BCUT2D eigenvalue weighted by atomic mass is 32.1. The van der Waals surface area contributed by atoms with Gasteiger partial charge in [0.05, 0.1) is 21.8 Å². The van der Waals surface area contributed by atoms with Crippen molar-refractivity contribution in [3.05, 3.63) is 23.7 Å². The molecule has 14 heavy (non-hydrogen) atoms. The summed E-state index contributed by atoms with van der Waals surface area (Å²) in [5.74, 6) is 0. The number of thiazole rings is 1. The zero-order valence-electron chi connectivity index (χ0n) is 7.90. The van der Waals surface area contributed by atoms with Crippen LogP contribution in [0.3, 0.4) is 0 Å². The van der Waals surface area contributed by atoms with E-state index in [-0.39, 0.29) is 6.10 Å². The summed E-state index contributed by atoms with van der Waals surface area (Å²) in [6.07, 6.45) is -0.327. The first-order chi connectivity index (χ1) is 6.75. The molecule has 1 atom stereocenters. The predicted molar refractivity (Wildman–Crippen MR) is 59.8 cm³/mol. The van der Waals surface area contributed by atoms with Crippen molar-refractivity contribution in [1.82, 2.24) is 4.98 Å². The van der Waals surface area contributed by atoms with Gasteiger partial charge in [-0.05, 0) is 25.1 Å². The summed E-state index contributed by atoms with van der Waals surface area (Å²) in [5, 5.41) is 12.3. The first kappa shape index (κ1) is 9.43. The zero-order chi connectivity index (χ0) is 9.97. The van der Waals surface area contributed by atoms with E-state index in [4.69, 9.17) is 5.11 Å². The minimum absolute atomic E-state index is 0.327. The fourth-order valence-electron chi connectivity index (χ4n) is 1.23. The van der Waals surface area contributed by atoms with Gasteiger partial charge >= 0.3 is 0 Å². The van der Waals surface area contributed by atoms with Crippen molar-refractivity contribution < 1.29 is 5.11 Å². The number of hydrogen-bond donors (Lipinski definition) is 2. The highest BCUT2D eigenvalue weighted by Gasteiger charge is 1.99. The Balaban J connectivity index is 2.17. The molecule has 0 spiro atoms. The largest absolute Gasteiger partial charge is 0.392 e. The molecule has 0 saturated heterocycles. The lowest BCUT2D eigenvalue weighted by Gasteiger charge is -2.07. The number of rotatable bonds is 3. The second kappa shape index (κ2) is 3.94. The summed E-state index contributed by atoms with van der Waals surface area (Å²) in [6, 6.07) is 6.01. The average Bonchev–Trinajstić information content (AvgIpc) is 2.61. The van der Waals surface area contributed by atoms with Gasteiger partial charge in [0.25, 0.3) is 0 Å². The van der Waals surface area contributed by atoms with E-state index < -0.39 is 0 Å². The highest BCUT2D eigenvalue weighted by molar-refractivity contribution is 7.16. The SMILES string of the molecule is C[C@H](O)CNc1ccc2ncsc2c1. The summed E-state index contributed by atoms with van der Waals surface area (Å²) in [6.45, 7) is 2.34. The standard InChI is InChI=1S/C10H12N2OS/c1-7(13)5-11-8-2-3-9-10(4-8)14-6-12-9/h2-4,6-7,11,13H,5H2,1H3/t7-/m0/s1. The molecule has 0 aliphatic heterocycles. The van der Waals surface area contributed by atoms with Crippen LogP contribution in [0.1, 0.15) is 6.92 Å². The van der Waals surface area contributed by atoms with Gasteiger partial charge in [-0.15, -0.1) is 11.3 Å². The van der Waals surface area contributed by atoms with Gasteiger partial charge in [-0.2, -0.15) is 0 Å². The Hall–Kier alpha value is -1.13. The van der Waals surface area contributed by atoms with Gasteiger partial charge in [0.2, 0.25) is 0 Å².